The van der Waals surface area contributed by atoms with E-state index in [-0.39, 0.29) is 5.91 Å². The molecule has 1 atom stereocenters. The van der Waals surface area contributed by atoms with Crippen LogP contribution in [-0.2, 0) is 6.54 Å². The molecule has 1 aromatic heterocycles. The van der Waals surface area contributed by atoms with Crippen LogP contribution in [0.2, 0.25) is 0 Å². The Morgan fingerprint density at radius 3 is 2.90 bits per heavy atom. The van der Waals surface area contributed by atoms with Gasteiger partial charge in [0.15, 0.2) is 0 Å². The number of hydrogen-bond acceptors (Lipinski definition) is 5. The first-order valence-electron chi connectivity index (χ1n) is 7.74. The van der Waals surface area contributed by atoms with Crippen molar-refractivity contribution >= 4 is 17.2 Å². The summed E-state index contributed by atoms with van der Waals surface area (Å²) < 4.78 is 0. The molecular weight excluding hydrogens is 284 g/mol. The zero-order valence-electron chi connectivity index (χ0n) is 12.6. The van der Waals surface area contributed by atoms with Crippen LogP contribution in [0.5, 0.6) is 0 Å². The number of carbonyl (C=O) groups excluding carboxylic acids is 1. The molecule has 2 aliphatic rings. The molecule has 1 unspecified atom stereocenters. The van der Waals surface area contributed by atoms with Gasteiger partial charge < -0.3 is 0 Å². The maximum absolute atomic E-state index is 11.6. The second-order valence-electron chi connectivity index (χ2n) is 6.09. The lowest BCUT2D eigenvalue weighted by Crippen LogP contribution is -2.35. The summed E-state index contributed by atoms with van der Waals surface area (Å²) in [5.41, 5.74) is 3.48. The van der Waals surface area contributed by atoms with Crippen molar-refractivity contribution in [2.24, 2.45) is 5.84 Å². The number of nitrogens with one attached hydrogen (secondary N) is 1. The number of carbonyl (C=O) groups is 1. The van der Waals surface area contributed by atoms with Gasteiger partial charge in [-0.15, -0.1) is 11.3 Å². The number of rotatable bonds is 4. The quantitative estimate of drug-likeness (QED) is 0.500. The van der Waals surface area contributed by atoms with Crippen molar-refractivity contribution in [3.8, 4) is 0 Å². The van der Waals surface area contributed by atoms with Gasteiger partial charge in [-0.2, -0.15) is 0 Å². The maximum atomic E-state index is 11.6. The second kappa shape index (κ2) is 6.44. The van der Waals surface area contributed by atoms with E-state index in [1.165, 1.54) is 54.1 Å². The highest BCUT2D eigenvalue weighted by Gasteiger charge is 2.29. The molecule has 0 aromatic carbocycles. The van der Waals surface area contributed by atoms with E-state index in [1.807, 2.05) is 6.07 Å². The first kappa shape index (κ1) is 15.0. The Morgan fingerprint density at radius 1 is 1.43 bits per heavy atom. The lowest BCUT2D eigenvalue weighted by molar-refractivity contribution is 0.0957. The van der Waals surface area contributed by atoms with Gasteiger partial charge in [-0.05, 0) is 50.9 Å². The first-order valence-corrected chi connectivity index (χ1v) is 8.55. The summed E-state index contributed by atoms with van der Waals surface area (Å²) in [5.74, 6) is 5.02. The number of nitrogens with zero attached hydrogens (tertiary/aromatic N) is 2. The third kappa shape index (κ3) is 3.29. The zero-order valence-corrected chi connectivity index (χ0v) is 13.4. The van der Waals surface area contributed by atoms with Gasteiger partial charge in [0, 0.05) is 30.6 Å². The molecule has 5 nitrogen and oxygen atoms in total. The molecular formula is C15H24N4OS. The van der Waals surface area contributed by atoms with Crippen molar-refractivity contribution in [1.82, 2.24) is 15.2 Å². The first-order chi connectivity index (χ1) is 10.2. The van der Waals surface area contributed by atoms with Crippen molar-refractivity contribution < 1.29 is 4.79 Å². The molecule has 21 heavy (non-hydrogen) atoms. The monoisotopic (exact) mass is 308 g/mol. The van der Waals surface area contributed by atoms with Gasteiger partial charge in [-0.3, -0.25) is 20.0 Å². The summed E-state index contributed by atoms with van der Waals surface area (Å²) in [6.45, 7) is 7.90. The molecule has 1 aromatic rings. The molecule has 3 heterocycles. The van der Waals surface area contributed by atoms with Gasteiger partial charge in [0.05, 0.1) is 4.88 Å². The molecule has 2 saturated heterocycles. The highest BCUT2D eigenvalue weighted by molar-refractivity contribution is 7.14. The fourth-order valence-electron chi connectivity index (χ4n) is 3.46. The van der Waals surface area contributed by atoms with E-state index in [0.717, 1.165) is 25.7 Å². The van der Waals surface area contributed by atoms with Crippen LogP contribution < -0.4 is 11.3 Å². The molecule has 116 valence electrons. The zero-order chi connectivity index (χ0) is 14.8. The Balaban J connectivity index is 1.59. The molecule has 3 N–H and O–H groups in total. The lowest BCUT2D eigenvalue weighted by atomic mass is 10.2. The van der Waals surface area contributed by atoms with Crippen LogP contribution in [0, 0.1) is 6.92 Å². The summed E-state index contributed by atoms with van der Waals surface area (Å²) in [4.78, 5) is 18.7. The van der Waals surface area contributed by atoms with Crippen molar-refractivity contribution in [3.63, 3.8) is 0 Å². The van der Waals surface area contributed by atoms with Crippen LogP contribution in [0.4, 0.5) is 0 Å². The fourth-order valence-corrected chi connectivity index (χ4v) is 4.40. The summed E-state index contributed by atoms with van der Waals surface area (Å²) in [6, 6.07) is 2.73. The highest BCUT2D eigenvalue weighted by Crippen LogP contribution is 2.26. The van der Waals surface area contributed by atoms with Gasteiger partial charge >= 0.3 is 0 Å². The summed E-state index contributed by atoms with van der Waals surface area (Å²) in [7, 11) is 0. The Kier molecular flexibility index (Phi) is 4.59. The van der Waals surface area contributed by atoms with Crippen LogP contribution in [-0.4, -0.2) is 47.9 Å². The smallest absolute Gasteiger partial charge is 0.275 e. The molecule has 3 rings (SSSR count). The number of thiophene rings is 1. The van der Waals surface area contributed by atoms with E-state index < -0.39 is 0 Å². The Morgan fingerprint density at radius 2 is 2.19 bits per heavy atom. The third-order valence-electron chi connectivity index (χ3n) is 4.67. The van der Waals surface area contributed by atoms with Gasteiger partial charge in [0.2, 0.25) is 0 Å². The summed E-state index contributed by atoms with van der Waals surface area (Å²) in [5, 5.41) is 0. The van der Waals surface area contributed by atoms with Crippen molar-refractivity contribution in [3.05, 3.63) is 21.4 Å². The van der Waals surface area contributed by atoms with Crippen molar-refractivity contribution in [2.45, 2.75) is 38.8 Å². The SMILES string of the molecule is Cc1sc(C(=O)NN)cc1CN1CCC(N2CCCC2)C1. The summed E-state index contributed by atoms with van der Waals surface area (Å²) >= 11 is 1.53. The largest absolute Gasteiger partial charge is 0.299 e. The molecule has 0 saturated carbocycles. The molecule has 0 radical (unpaired) electrons. The van der Waals surface area contributed by atoms with E-state index in [2.05, 4.69) is 22.1 Å². The molecule has 2 aliphatic heterocycles. The molecule has 6 heteroatoms. The number of aryl methyl sites for hydroxylation is 1. The average molecular weight is 308 g/mol. The minimum Gasteiger partial charge on any atom is -0.299 e. The Bertz CT molecular complexity index is 510. The van der Waals surface area contributed by atoms with Gasteiger partial charge in [0.1, 0.15) is 0 Å². The molecule has 2 fully saturated rings. The average Bonchev–Trinajstić information content (AvgIpc) is 3.19. The normalized spacial score (nSPS) is 23.8. The number of hydrazine groups is 1. The predicted octanol–water partition coefficient (Wildman–Crippen LogP) is 1.33. The van der Waals surface area contributed by atoms with Crippen LogP contribution in [0.15, 0.2) is 6.07 Å². The topological polar surface area (TPSA) is 61.6 Å². The molecule has 0 aliphatic carbocycles. The molecule has 1 amide bonds. The Labute approximate surface area is 130 Å². The van der Waals surface area contributed by atoms with Crippen LogP contribution in [0.1, 0.15) is 39.4 Å². The van der Waals surface area contributed by atoms with Gasteiger partial charge in [-0.1, -0.05) is 0 Å². The number of nitrogens with two attached hydrogens (primary N) is 1. The molecule has 0 spiro atoms. The predicted molar refractivity (Wildman–Crippen MR) is 85.2 cm³/mol. The van der Waals surface area contributed by atoms with Crippen molar-refractivity contribution in [1.29, 1.82) is 0 Å². The second-order valence-corrected chi connectivity index (χ2v) is 7.34. The van der Waals surface area contributed by atoms with Gasteiger partial charge in [0.25, 0.3) is 5.91 Å². The van der Waals surface area contributed by atoms with E-state index in [0.29, 0.717) is 4.88 Å². The van der Waals surface area contributed by atoms with E-state index >= 15 is 0 Å². The molecule has 0 bridgehead atoms. The Hall–Kier alpha value is -0.950. The van der Waals surface area contributed by atoms with Crippen LogP contribution >= 0.6 is 11.3 Å². The fraction of sp³-hybridized carbons (Fsp3) is 0.667. The summed E-state index contributed by atoms with van der Waals surface area (Å²) in [6.07, 6.45) is 3.99. The maximum Gasteiger partial charge on any atom is 0.275 e. The van der Waals surface area contributed by atoms with Crippen LogP contribution in [0.25, 0.3) is 0 Å². The number of nitrogen functional groups attached to an aromatic ring is 1. The van der Waals surface area contributed by atoms with Crippen molar-refractivity contribution in [2.75, 3.05) is 26.2 Å². The minimum absolute atomic E-state index is 0.189. The highest BCUT2D eigenvalue weighted by atomic mass is 32.1. The van der Waals surface area contributed by atoms with Gasteiger partial charge in [-0.25, -0.2) is 5.84 Å². The standard InChI is InChI=1S/C15H24N4OS/c1-11-12(8-14(21-11)15(20)17-16)9-18-7-4-13(10-18)19-5-2-3-6-19/h8,13H,2-7,9-10,16H2,1H3,(H,17,20). The minimum atomic E-state index is -0.189. The van der Waals surface area contributed by atoms with Crippen LogP contribution in [0.3, 0.4) is 0 Å². The van der Waals surface area contributed by atoms with E-state index in [4.69, 9.17) is 5.84 Å². The number of amides is 1. The third-order valence-corrected chi connectivity index (χ3v) is 5.77. The lowest BCUT2D eigenvalue weighted by Gasteiger charge is -2.23. The number of hydrogen-bond donors (Lipinski definition) is 2. The number of likely N-dealkylation sites (tertiary alicyclic amines) is 2. The van der Waals surface area contributed by atoms with E-state index in [1.54, 1.807) is 0 Å². The van der Waals surface area contributed by atoms with E-state index in [9.17, 15) is 4.79 Å².